The lowest BCUT2D eigenvalue weighted by atomic mass is 10.1. The van der Waals surface area contributed by atoms with E-state index in [1.807, 2.05) is 6.92 Å². The molecule has 0 atom stereocenters. The molecule has 1 aromatic rings. The monoisotopic (exact) mass is 310 g/mol. The minimum absolute atomic E-state index is 0.408. The lowest BCUT2D eigenvalue weighted by molar-refractivity contribution is -0.132. The van der Waals surface area contributed by atoms with Crippen LogP contribution in [0.5, 0.6) is 0 Å². The molecule has 0 aliphatic carbocycles. The molecule has 114 valence electrons. The molecule has 0 unspecified atom stereocenters. The standard InChI is InChI=1S/C15H18O5S/c1-2-3-5-10-13(15(16)17)14(21(18,19)20)11-12-8-6-4-7-9-12/h4,6-11H,2-3,5H2,1H3,(H,16,17)(H,18,19,20). The molecule has 0 spiro atoms. The minimum atomic E-state index is -4.63. The number of hydrogen-bond acceptors (Lipinski definition) is 3. The van der Waals surface area contributed by atoms with Gasteiger partial charge in [-0.05, 0) is 18.1 Å². The Morgan fingerprint density at radius 1 is 1.24 bits per heavy atom. The Balaban J connectivity index is 3.33. The van der Waals surface area contributed by atoms with Crippen LogP contribution in [0.15, 0.2) is 46.9 Å². The molecule has 0 bridgehead atoms. The molecule has 5 nitrogen and oxygen atoms in total. The van der Waals surface area contributed by atoms with Crippen molar-refractivity contribution in [2.24, 2.45) is 0 Å². The molecule has 0 saturated heterocycles. The summed E-state index contributed by atoms with van der Waals surface area (Å²) in [6.45, 7) is 1.94. The van der Waals surface area contributed by atoms with Crippen LogP contribution in [0, 0.1) is 0 Å². The van der Waals surface area contributed by atoms with Gasteiger partial charge in [0.15, 0.2) is 0 Å². The quantitative estimate of drug-likeness (QED) is 0.349. The van der Waals surface area contributed by atoms with Crippen LogP contribution < -0.4 is 0 Å². The average Bonchev–Trinajstić information content (AvgIpc) is 2.41. The number of aliphatic carboxylic acids is 1. The van der Waals surface area contributed by atoms with E-state index in [4.69, 9.17) is 0 Å². The Morgan fingerprint density at radius 3 is 2.33 bits per heavy atom. The molecule has 0 radical (unpaired) electrons. The third-order valence-electron chi connectivity index (χ3n) is 2.78. The van der Waals surface area contributed by atoms with Crippen molar-refractivity contribution in [3.63, 3.8) is 0 Å². The molecular weight excluding hydrogens is 292 g/mol. The van der Waals surface area contributed by atoms with Gasteiger partial charge in [0.25, 0.3) is 10.1 Å². The number of allylic oxidation sites excluding steroid dienone is 1. The van der Waals surface area contributed by atoms with Crippen molar-refractivity contribution in [1.82, 2.24) is 0 Å². The zero-order valence-electron chi connectivity index (χ0n) is 11.7. The third-order valence-corrected chi connectivity index (χ3v) is 3.67. The summed E-state index contributed by atoms with van der Waals surface area (Å²) in [5, 5.41) is 9.20. The van der Waals surface area contributed by atoms with Crippen LogP contribution in [0.4, 0.5) is 0 Å². The van der Waals surface area contributed by atoms with Gasteiger partial charge in [-0.15, -0.1) is 0 Å². The Bertz CT molecular complexity index is 642. The van der Waals surface area contributed by atoms with Gasteiger partial charge >= 0.3 is 5.97 Å². The van der Waals surface area contributed by atoms with E-state index < -0.39 is 26.6 Å². The number of benzene rings is 1. The Kier molecular flexibility index (Phi) is 6.33. The molecule has 1 aromatic carbocycles. The molecule has 0 aliphatic rings. The third kappa shape index (κ3) is 5.53. The van der Waals surface area contributed by atoms with Crippen LogP contribution in [0.25, 0.3) is 6.08 Å². The molecule has 2 N–H and O–H groups in total. The second-order valence-corrected chi connectivity index (χ2v) is 5.85. The Labute approximate surface area is 124 Å². The predicted molar refractivity (Wildman–Crippen MR) is 81.2 cm³/mol. The zero-order chi connectivity index (χ0) is 15.9. The highest BCUT2D eigenvalue weighted by molar-refractivity contribution is 7.90. The number of carboxylic acid groups (broad SMARTS) is 1. The van der Waals surface area contributed by atoms with Crippen molar-refractivity contribution >= 4 is 22.2 Å². The molecule has 1 rings (SSSR count). The van der Waals surface area contributed by atoms with Gasteiger partial charge in [0.2, 0.25) is 0 Å². The van der Waals surface area contributed by atoms with E-state index in [9.17, 15) is 22.9 Å². The lowest BCUT2D eigenvalue weighted by Crippen LogP contribution is -2.12. The SMILES string of the molecule is CCCCC=C(C(=O)O)C(=Cc1ccccc1)S(=O)(=O)O. The summed E-state index contributed by atoms with van der Waals surface area (Å²) < 4.78 is 32.3. The maximum absolute atomic E-state index is 11.5. The van der Waals surface area contributed by atoms with Gasteiger partial charge in [-0.2, -0.15) is 8.42 Å². The summed E-state index contributed by atoms with van der Waals surface area (Å²) in [6.07, 6.45) is 4.50. The number of carbonyl (C=O) groups is 1. The lowest BCUT2D eigenvalue weighted by Gasteiger charge is -2.06. The molecule has 0 aromatic heterocycles. The predicted octanol–water partition coefficient (Wildman–Crippen LogP) is 3.12. The maximum Gasteiger partial charge on any atom is 0.336 e. The van der Waals surface area contributed by atoms with Gasteiger partial charge in [-0.25, -0.2) is 4.79 Å². The van der Waals surface area contributed by atoms with Crippen LogP contribution in [-0.4, -0.2) is 24.0 Å². The summed E-state index contributed by atoms with van der Waals surface area (Å²) >= 11 is 0. The number of hydrogen-bond donors (Lipinski definition) is 2. The minimum Gasteiger partial charge on any atom is -0.478 e. The summed E-state index contributed by atoms with van der Waals surface area (Å²) in [5.74, 6) is -1.38. The number of unbranched alkanes of at least 4 members (excludes halogenated alkanes) is 2. The largest absolute Gasteiger partial charge is 0.478 e. The molecule has 0 amide bonds. The van der Waals surface area contributed by atoms with Crippen LogP contribution in [-0.2, 0) is 14.9 Å². The van der Waals surface area contributed by atoms with E-state index in [1.54, 1.807) is 30.3 Å². The zero-order valence-corrected chi connectivity index (χ0v) is 12.5. The normalized spacial score (nSPS) is 13.2. The number of carboxylic acids is 1. The van der Waals surface area contributed by atoms with Crippen molar-refractivity contribution in [3.8, 4) is 0 Å². The van der Waals surface area contributed by atoms with Gasteiger partial charge in [0, 0.05) is 0 Å². The first-order valence-electron chi connectivity index (χ1n) is 6.54. The fraction of sp³-hybridized carbons (Fsp3) is 0.267. The first-order valence-corrected chi connectivity index (χ1v) is 7.98. The molecule has 0 heterocycles. The van der Waals surface area contributed by atoms with E-state index in [-0.39, 0.29) is 0 Å². The molecule has 0 saturated carbocycles. The fourth-order valence-corrected chi connectivity index (χ4v) is 2.47. The fourth-order valence-electron chi connectivity index (χ4n) is 1.74. The van der Waals surface area contributed by atoms with Crippen LogP contribution >= 0.6 is 0 Å². The van der Waals surface area contributed by atoms with Crippen LogP contribution in [0.2, 0.25) is 0 Å². The van der Waals surface area contributed by atoms with E-state index in [1.165, 1.54) is 6.08 Å². The van der Waals surface area contributed by atoms with E-state index in [0.717, 1.165) is 18.9 Å². The maximum atomic E-state index is 11.5. The second kappa shape index (κ2) is 7.75. The summed E-state index contributed by atoms with van der Waals surface area (Å²) in [6, 6.07) is 8.37. The Hall–Kier alpha value is -1.92. The molecule has 0 aliphatic heterocycles. The van der Waals surface area contributed by atoms with Crippen molar-refractivity contribution in [2.75, 3.05) is 0 Å². The first-order chi connectivity index (χ1) is 9.86. The van der Waals surface area contributed by atoms with Gasteiger partial charge in [-0.3, -0.25) is 4.55 Å². The van der Waals surface area contributed by atoms with Crippen LogP contribution in [0.1, 0.15) is 31.7 Å². The van der Waals surface area contributed by atoms with Gasteiger partial charge in [0.1, 0.15) is 4.91 Å². The smallest absolute Gasteiger partial charge is 0.336 e. The first kappa shape index (κ1) is 17.1. The van der Waals surface area contributed by atoms with E-state index >= 15 is 0 Å². The summed E-state index contributed by atoms with van der Waals surface area (Å²) in [4.78, 5) is 10.7. The van der Waals surface area contributed by atoms with E-state index in [2.05, 4.69) is 0 Å². The highest BCUT2D eigenvalue weighted by atomic mass is 32.2. The number of rotatable bonds is 7. The summed E-state index contributed by atoms with van der Waals surface area (Å²) in [5.41, 5.74) is 0.0857. The molecule has 6 heteroatoms. The van der Waals surface area contributed by atoms with E-state index in [0.29, 0.717) is 12.0 Å². The van der Waals surface area contributed by atoms with Crippen molar-refractivity contribution in [3.05, 3.63) is 52.4 Å². The molecule has 0 fully saturated rings. The second-order valence-electron chi connectivity index (χ2n) is 4.46. The van der Waals surface area contributed by atoms with Gasteiger partial charge < -0.3 is 5.11 Å². The highest BCUT2D eigenvalue weighted by Crippen LogP contribution is 2.21. The van der Waals surface area contributed by atoms with Crippen molar-refractivity contribution < 1.29 is 22.9 Å². The summed E-state index contributed by atoms with van der Waals surface area (Å²) in [7, 11) is -4.63. The van der Waals surface area contributed by atoms with Crippen molar-refractivity contribution in [2.45, 2.75) is 26.2 Å². The topological polar surface area (TPSA) is 91.7 Å². The van der Waals surface area contributed by atoms with Crippen molar-refractivity contribution in [1.29, 1.82) is 0 Å². The van der Waals surface area contributed by atoms with Gasteiger partial charge in [-0.1, -0.05) is 56.2 Å². The van der Waals surface area contributed by atoms with Crippen LogP contribution in [0.3, 0.4) is 0 Å². The van der Waals surface area contributed by atoms with Gasteiger partial charge in [0.05, 0.1) is 5.57 Å². The average molecular weight is 310 g/mol. The molecule has 21 heavy (non-hydrogen) atoms. The highest BCUT2D eigenvalue weighted by Gasteiger charge is 2.23. The Morgan fingerprint density at radius 2 is 1.86 bits per heavy atom. The molecular formula is C15H18O5S.